The lowest BCUT2D eigenvalue weighted by Crippen LogP contribution is -2.20. The van der Waals surface area contributed by atoms with Crippen LogP contribution < -0.4 is 10.6 Å². The molecular formula is C17H11Cl3N2O2. The van der Waals surface area contributed by atoms with E-state index in [0.717, 1.165) is 0 Å². The van der Waals surface area contributed by atoms with Crippen molar-refractivity contribution in [3.8, 4) is 5.75 Å². The molecule has 0 unspecified atom stereocenters. The third kappa shape index (κ3) is 3.36. The molecule has 3 aromatic carbocycles. The van der Waals surface area contributed by atoms with Gasteiger partial charge in [-0.05, 0) is 36.4 Å². The van der Waals surface area contributed by atoms with Gasteiger partial charge in [-0.3, -0.25) is 0 Å². The van der Waals surface area contributed by atoms with Crippen molar-refractivity contribution in [2.24, 2.45) is 0 Å². The van der Waals surface area contributed by atoms with Crippen molar-refractivity contribution in [1.29, 1.82) is 0 Å². The molecule has 0 aliphatic heterocycles. The summed E-state index contributed by atoms with van der Waals surface area (Å²) in [4.78, 5) is 12.3. The van der Waals surface area contributed by atoms with E-state index in [-0.39, 0.29) is 10.8 Å². The summed E-state index contributed by atoms with van der Waals surface area (Å²) in [5, 5.41) is 17.3. The van der Waals surface area contributed by atoms with Crippen LogP contribution in [0.25, 0.3) is 10.8 Å². The van der Waals surface area contributed by atoms with Gasteiger partial charge in [0.1, 0.15) is 5.75 Å². The number of hydrogen-bond donors (Lipinski definition) is 3. The molecule has 3 N–H and O–H groups in total. The fourth-order valence-electron chi connectivity index (χ4n) is 2.29. The lowest BCUT2D eigenvalue weighted by molar-refractivity contribution is 0.262. The summed E-state index contributed by atoms with van der Waals surface area (Å²) in [5.41, 5.74) is 0.811. The first kappa shape index (κ1) is 16.7. The van der Waals surface area contributed by atoms with Crippen molar-refractivity contribution in [3.63, 3.8) is 0 Å². The summed E-state index contributed by atoms with van der Waals surface area (Å²) in [6.45, 7) is 0. The maximum absolute atomic E-state index is 12.3. The summed E-state index contributed by atoms with van der Waals surface area (Å²) < 4.78 is 0. The highest BCUT2D eigenvalue weighted by Gasteiger charge is 2.14. The van der Waals surface area contributed by atoms with Crippen LogP contribution in [-0.2, 0) is 0 Å². The zero-order valence-corrected chi connectivity index (χ0v) is 14.4. The molecule has 0 spiro atoms. The molecule has 0 aliphatic rings. The molecule has 0 saturated heterocycles. The lowest BCUT2D eigenvalue weighted by atomic mass is 10.1. The number of phenols is 1. The molecule has 4 nitrogen and oxygen atoms in total. The summed E-state index contributed by atoms with van der Waals surface area (Å²) in [5.74, 6) is 0.0374. The fourth-order valence-corrected chi connectivity index (χ4v) is 3.06. The van der Waals surface area contributed by atoms with E-state index < -0.39 is 6.03 Å². The number of benzene rings is 3. The minimum absolute atomic E-state index is 0.0374. The minimum Gasteiger partial charge on any atom is -0.508 e. The van der Waals surface area contributed by atoms with Crippen LogP contribution in [0.4, 0.5) is 16.2 Å². The Bertz CT molecular complexity index is 945. The van der Waals surface area contributed by atoms with Crippen LogP contribution in [0.2, 0.25) is 15.1 Å². The Kier molecular flexibility index (Phi) is 4.71. The largest absolute Gasteiger partial charge is 0.508 e. The van der Waals surface area contributed by atoms with Crippen molar-refractivity contribution in [1.82, 2.24) is 0 Å². The molecule has 3 rings (SSSR count). The van der Waals surface area contributed by atoms with Gasteiger partial charge in [-0.1, -0.05) is 46.9 Å². The molecule has 0 aromatic heterocycles. The number of para-hydroxylation sites is 1. The summed E-state index contributed by atoms with van der Waals surface area (Å²) >= 11 is 18.4. The van der Waals surface area contributed by atoms with E-state index in [9.17, 15) is 9.90 Å². The predicted octanol–water partition coefficient (Wildman–Crippen LogP) is 6.15. The molecule has 0 aliphatic carbocycles. The summed E-state index contributed by atoms with van der Waals surface area (Å²) in [6.07, 6.45) is 0. The van der Waals surface area contributed by atoms with E-state index in [0.29, 0.717) is 32.2 Å². The monoisotopic (exact) mass is 380 g/mol. The third-order valence-corrected chi connectivity index (χ3v) is 4.32. The zero-order chi connectivity index (χ0) is 17.3. The lowest BCUT2D eigenvalue weighted by Gasteiger charge is -2.14. The molecule has 0 heterocycles. The number of fused-ring (bicyclic) bond motifs is 1. The molecule has 0 saturated carbocycles. The van der Waals surface area contributed by atoms with Crippen LogP contribution in [0, 0.1) is 0 Å². The number of nitrogens with one attached hydrogen (secondary N) is 2. The number of carbonyl (C=O) groups excluding carboxylic acids is 1. The zero-order valence-electron chi connectivity index (χ0n) is 12.1. The van der Waals surface area contributed by atoms with E-state index in [1.54, 1.807) is 30.3 Å². The number of phenolic OH excluding ortho intramolecular Hbond substituents is 1. The number of urea groups is 1. The van der Waals surface area contributed by atoms with Crippen molar-refractivity contribution in [2.75, 3.05) is 10.6 Å². The van der Waals surface area contributed by atoms with E-state index in [2.05, 4.69) is 10.6 Å². The highest BCUT2D eigenvalue weighted by atomic mass is 35.5. The maximum atomic E-state index is 12.3. The van der Waals surface area contributed by atoms with Gasteiger partial charge in [0.2, 0.25) is 0 Å². The maximum Gasteiger partial charge on any atom is 0.323 e. The minimum atomic E-state index is -0.517. The molecular weight excluding hydrogens is 371 g/mol. The van der Waals surface area contributed by atoms with Crippen LogP contribution in [0.5, 0.6) is 5.75 Å². The van der Waals surface area contributed by atoms with Gasteiger partial charge in [0.15, 0.2) is 0 Å². The van der Waals surface area contributed by atoms with E-state index >= 15 is 0 Å². The van der Waals surface area contributed by atoms with Gasteiger partial charge < -0.3 is 15.7 Å². The number of anilines is 2. The Balaban J connectivity index is 1.96. The van der Waals surface area contributed by atoms with Gasteiger partial charge >= 0.3 is 6.03 Å². The van der Waals surface area contributed by atoms with Gasteiger partial charge in [0.05, 0.1) is 26.4 Å². The highest BCUT2D eigenvalue weighted by molar-refractivity contribution is 6.41. The second-order valence-corrected chi connectivity index (χ2v) is 6.23. The van der Waals surface area contributed by atoms with Crippen molar-refractivity contribution < 1.29 is 9.90 Å². The van der Waals surface area contributed by atoms with Crippen molar-refractivity contribution in [2.45, 2.75) is 0 Å². The molecule has 0 radical (unpaired) electrons. The summed E-state index contributed by atoms with van der Waals surface area (Å²) in [7, 11) is 0. The molecule has 0 atom stereocenters. The smallest absolute Gasteiger partial charge is 0.323 e. The first-order valence-electron chi connectivity index (χ1n) is 6.89. The van der Waals surface area contributed by atoms with Crippen molar-refractivity contribution >= 4 is 63.0 Å². The normalized spacial score (nSPS) is 10.6. The number of rotatable bonds is 2. The Hall–Kier alpha value is -2.14. The highest BCUT2D eigenvalue weighted by Crippen LogP contribution is 2.38. The fraction of sp³-hybridized carbons (Fsp3) is 0. The number of amides is 2. The molecule has 24 heavy (non-hydrogen) atoms. The average Bonchev–Trinajstić information content (AvgIpc) is 2.53. The number of aromatic hydroxyl groups is 1. The van der Waals surface area contributed by atoms with Gasteiger partial charge in [-0.15, -0.1) is 0 Å². The average molecular weight is 382 g/mol. The number of hydrogen-bond acceptors (Lipinski definition) is 2. The van der Waals surface area contributed by atoms with E-state index in [1.165, 1.54) is 18.2 Å². The Labute approximate surface area is 153 Å². The quantitative estimate of drug-likeness (QED) is 0.498. The molecule has 122 valence electrons. The van der Waals surface area contributed by atoms with Crippen molar-refractivity contribution in [3.05, 3.63) is 63.6 Å². The van der Waals surface area contributed by atoms with E-state index in [1.807, 2.05) is 0 Å². The first-order chi connectivity index (χ1) is 11.5. The second kappa shape index (κ2) is 6.77. The SMILES string of the molecule is O=C(Nc1ccccc1Cl)Nc1c(Cl)cc(Cl)c2ccc(O)cc12. The molecule has 3 aromatic rings. The van der Waals surface area contributed by atoms with Crippen LogP contribution in [0.1, 0.15) is 0 Å². The number of carbonyl (C=O) groups is 1. The van der Waals surface area contributed by atoms with Gasteiger partial charge in [-0.2, -0.15) is 0 Å². The first-order valence-corrected chi connectivity index (χ1v) is 8.02. The van der Waals surface area contributed by atoms with Crippen LogP contribution in [-0.4, -0.2) is 11.1 Å². The van der Waals surface area contributed by atoms with Gasteiger partial charge in [0.25, 0.3) is 0 Å². The van der Waals surface area contributed by atoms with Gasteiger partial charge in [-0.25, -0.2) is 4.79 Å². The molecule has 0 fully saturated rings. The summed E-state index contributed by atoms with van der Waals surface area (Å²) in [6, 6.07) is 12.5. The van der Waals surface area contributed by atoms with Crippen LogP contribution in [0.15, 0.2) is 48.5 Å². The Morgan fingerprint density at radius 1 is 0.833 bits per heavy atom. The van der Waals surface area contributed by atoms with E-state index in [4.69, 9.17) is 34.8 Å². The molecule has 2 amide bonds. The van der Waals surface area contributed by atoms with Gasteiger partial charge in [0, 0.05) is 10.8 Å². The number of halogens is 3. The molecule has 7 heteroatoms. The Morgan fingerprint density at radius 2 is 1.58 bits per heavy atom. The third-order valence-electron chi connectivity index (χ3n) is 3.38. The second-order valence-electron chi connectivity index (χ2n) is 5.00. The Morgan fingerprint density at radius 3 is 2.33 bits per heavy atom. The van der Waals surface area contributed by atoms with Crippen LogP contribution >= 0.6 is 34.8 Å². The standard InChI is InChI=1S/C17H11Cl3N2O2/c18-12-3-1-2-4-15(12)21-17(24)22-16-11-7-9(23)5-6-10(11)13(19)8-14(16)20/h1-8,23H,(H2,21,22,24). The van der Waals surface area contributed by atoms with Crippen LogP contribution in [0.3, 0.4) is 0 Å². The predicted molar refractivity (Wildman–Crippen MR) is 99.7 cm³/mol. The topological polar surface area (TPSA) is 61.4 Å². The molecule has 0 bridgehead atoms.